The lowest BCUT2D eigenvalue weighted by Gasteiger charge is -2.13. The van der Waals surface area contributed by atoms with Crippen molar-refractivity contribution in [2.24, 2.45) is 5.73 Å². The summed E-state index contributed by atoms with van der Waals surface area (Å²) in [4.78, 5) is -0.143. The molecule has 2 rings (SSSR count). The van der Waals surface area contributed by atoms with E-state index in [2.05, 4.69) is 6.92 Å². The highest BCUT2D eigenvalue weighted by Gasteiger charge is 2.16. The third kappa shape index (κ3) is 3.95. The van der Waals surface area contributed by atoms with Gasteiger partial charge in [-0.25, -0.2) is 8.78 Å². The van der Waals surface area contributed by atoms with Crippen LogP contribution >= 0.6 is 0 Å². The van der Waals surface area contributed by atoms with Crippen LogP contribution in [0.25, 0.3) is 0 Å². The average Bonchev–Trinajstić information content (AvgIpc) is 2.49. The molecule has 112 valence electrons. The average molecular weight is 309 g/mol. The maximum absolute atomic E-state index is 13.6. The molecule has 2 atom stereocenters. The number of halogens is 2. The van der Waals surface area contributed by atoms with Crippen LogP contribution in [0.4, 0.5) is 8.78 Å². The second-order valence-corrected chi connectivity index (χ2v) is 6.25. The van der Waals surface area contributed by atoms with Crippen LogP contribution in [-0.2, 0) is 17.2 Å². The molecule has 2 aromatic rings. The summed E-state index contributed by atoms with van der Waals surface area (Å²) in [5, 5.41) is 0. The van der Waals surface area contributed by atoms with Gasteiger partial charge in [0.2, 0.25) is 0 Å². The molecule has 2 unspecified atom stereocenters. The molecule has 0 spiro atoms. The van der Waals surface area contributed by atoms with E-state index >= 15 is 0 Å². The Morgan fingerprint density at radius 3 is 2.43 bits per heavy atom. The van der Waals surface area contributed by atoms with E-state index in [-0.39, 0.29) is 10.6 Å². The van der Waals surface area contributed by atoms with Crippen LogP contribution in [0, 0.1) is 11.6 Å². The van der Waals surface area contributed by atoms with Gasteiger partial charge in [0.15, 0.2) is 0 Å². The molecule has 0 fully saturated rings. The van der Waals surface area contributed by atoms with Crippen LogP contribution in [0.15, 0.2) is 47.4 Å². The number of aryl methyl sites for hydroxylation is 1. The Balaban J connectivity index is 2.12. The number of nitrogens with two attached hydrogens (primary N) is 1. The Hall–Kier alpha value is -1.59. The normalized spacial score (nSPS) is 13.9. The standard InChI is InChI=1S/C16H17F2NOS/c1-2-11-3-5-12(6-4-11)15(19)10-21(20)16-9-13(17)7-8-14(16)18/h3-9,15H,2,10,19H2,1H3. The van der Waals surface area contributed by atoms with Crippen LogP contribution in [0.2, 0.25) is 0 Å². The number of benzene rings is 2. The van der Waals surface area contributed by atoms with Gasteiger partial charge in [0.05, 0.1) is 15.7 Å². The Kier molecular flexibility index (Phi) is 5.20. The van der Waals surface area contributed by atoms with E-state index in [1.165, 1.54) is 5.56 Å². The molecule has 2 nitrogen and oxygen atoms in total. The molecule has 2 aromatic carbocycles. The van der Waals surface area contributed by atoms with Crippen LogP contribution < -0.4 is 5.73 Å². The van der Waals surface area contributed by atoms with E-state index in [1.54, 1.807) is 0 Å². The van der Waals surface area contributed by atoms with Crippen LogP contribution in [-0.4, -0.2) is 9.96 Å². The first-order chi connectivity index (χ1) is 10.0. The van der Waals surface area contributed by atoms with Crippen molar-refractivity contribution in [1.29, 1.82) is 0 Å². The fourth-order valence-electron chi connectivity index (χ4n) is 2.00. The van der Waals surface area contributed by atoms with E-state index in [4.69, 9.17) is 5.73 Å². The number of rotatable bonds is 5. The first-order valence-corrected chi connectivity index (χ1v) is 8.01. The molecule has 0 bridgehead atoms. The lowest BCUT2D eigenvalue weighted by atomic mass is 10.1. The summed E-state index contributed by atoms with van der Waals surface area (Å²) < 4.78 is 38.8. The molecule has 0 amide bonds. The quantitative estimate of drug-likeness (QED) is 0.920. The van der Waals surface area contributed by atoms with Gasteiger partial charge < -0.3 is 5.73 Å². The minimum atomic E-state index is -1.68. The summed E-state index contributed by atoms with van der Waals surface area (Å²) in [6, 6.07) is 10.1. The first-order valence-electron chi connectivity index (χ1n) is 6.69. The fourth-order valence-corrected chi connectivity index (χ4v) is 3.23. The summed E-state index contributed by atoms with van der Waals surface area (Å²) in [6.07, 6.45) is 0.927. The largest absolute Gasteiger partial charge is 0.323 e. The Morgan fingerprint density at radius 2 is 1.81 bits per heavy atom. The van der Waals surface area contributed by atoms with E-state index in [0.717, 1.165) is 30.2 Å². The third-order valence-electron chi connectivity index (χ3n) is 3.29. The van der Waals surface area contributed by atoms with Gasteiger partial charge in [0, 0.05) is 11.8 Å². The van der Waals surface area contributed by atoms with Crippen molar-refractivity contribution in [1.82, 2.24) is 0 Å². The number of hydrogen-bond donors (Lipinski definition) is 1. The van der Waals surface area contributed by atoms with Gasteiger partial charge in [-0.05, 0) is 35.7 Å². The molecule has 0 aliphatic heterocycles. The lowest BCUT2D eigenvalue weighted by molar-refractivity contribution is 0.571. The highest BCUT2D eigenvalue weighted by atomic mass is 32.2. The zero-order valence-corrected chi connectivity index (χ0v) is 12.5. The van der Waals surface area contributed by atoms with E-state index in [1.807, 2.05) is 24.3 Å². The van der Waals surface area contributed by atoms with Crippen molar-refractivity contribution in [2.75, 3.05) is 5.75 Å². The smallest absolute Gasteiger partial charge is 0.139 e. The van der Waals surface area contributed by atoms with Crippen molar-refractivity contribution in [3.05, 3.63) is 65.2 Å². The van der Waals surface area contributed by atoms with Gasteiger partial charge in [0.1, 0.15) is 11.6 Å². The predicted octanol–water partition coefficient (Wildman–Crippen LogP) is 3.33. The summed E-state index contributed by atoms with van der Waals surface area (Å²) >= 11 is 0. The zero-order chi connectivity index (χ0) is 15.4. The minimum Gasteiger partial charge on any atom is -0.323 e. The molecule has 5 heteroatoms. The molecule has 0 saturated heterocycles. The van der Waals surface area contributed by atoms with Crippen LogP contribution in [0.5, 0.6) is 0 Å². The molecule has 0 aliphatic carbocycles. The monoisotopic (exact) mass is 309 g/mol. The molecule has 0 aromatic heterocycles. The summed E-state index contributed by atoms with van der Waals surface area (Å²) in [5.41, 5.74) is 8.02. The van der Waals surface area contributed by atoms with Gasteiger partial charge >= 0.3 is 0 Å². The number of hydrogen-bond acceptors (Lipinski definition) is 2. The van der Waals surface area contributed by atoms with Crippen molar-refractivity contribution < 1.29 is 13.0 Å². The van der Waals surface area contributed by atoms with Gasteiger partial charge in [-0.3, -0.25) is 4.21 Å². The van der Waals surface area contributed by atoms with Crippen molar-refractivity contribution >= 4 is 10.8 Å². The molecule has 2 N–H and O–H groups in total. The second-order valence-electron chi connectivity index (χ2n) is 4.79. The summed E-state index contributed by atoms with van der Waals surface area (Å²) in [6.45, 7) is 2.05. The molecule has 0 heterocycles. The predicted molar refractivity (Wildman–Crippen MR) is 80.4 cm³/mol. The molecule has 0 radical (unpaired) electrons. The Morgan fingerprint density at radius 1 is 1.14 bits per heavy atom. The topological polar surface area (TPSA) is 43.1 Å². The summed E-state index contributed by atoms with van der Waals surface area (Å²) in [5.74, 6) is -1.24. The molecular weight excluding hydrogens is 292 g/mol. The molecule has 21 heavy (non-hydrogen) atoms. The van der Waals surface area contributed by atoms with Gasteiger partial charge in [-0.1, -0.05) is 31.2 Å². The molecule has 0 saturated carbocycles. The van der Waals surface area contributed by atoms with E-state index in [0.29, 0.717) is 0 Å². The molecular formula is C16H17F2NOS. The van der Waals surface area contributed by atoms with Gasteiger partial charge in [-0.2, -0.15) is 0 Å². The Bertz CT molecular complexity index is 643. The van der Waals surface area contributed by atoms with Gasteiger partial charge in [-0.15, -0.1) is 0 Å². The second kappa shape index (κ2) is 6.91. The zero-order valence-electron chi connectivity index (χ0n) is 11.7. The fraction of sp³-hybridized carbons (Fsp3) is 0.250. The minimum absolute atomic E-state index is 0.0475. The SMILES string of the molecule is CCc1ccc(C(N)CS(=O)c2cc(F)ccc2F)cc1. The maximum atomic E-state index is 13.6. The highest BCUT2D eigenvalue weighted by molar-refractivity contribution is 7.85. The van der Waals surface area contributed by atoms with Gasteiger partial charge in [0.25, 0.3) is 0 Å². The lowest BCUT2D eigenvalue weighted by Crippen LogP contribution is -2.19. The van der Waals surface area contributed by atoms with Crippen molar-refractivity contribution in [3.63, 3.8) is 0 Å². The van der Waals surface area contributed by atoms with Crippen LogP contribution in [0.1, 0.15) is 24.1 Å². The summed E-state index contributed by atoms with van der Waals surface area (Å²) in [7, 11) is -1.68. The maximum Gasteiger partial charge on any atom is 0.139 e. The van der Waals surface area contributed by atoms with E-state index < -0.39 is 28.5 Å². The molecule has 0 aliphatic rings. The highest BCUT2D eigenvalue weighted by Crippen LogP contribution is 2.19. The third-order valence-corrected chi connectivity index (χ3v) is 4.75. The van der Waals surface area contributed by atoms with Crippen molar-refractivity contribution in [3.8, 4) is 0 Å². The van der Waals surface area contributed by atoms with Crippen LogP contribution in [0.3, 0.4) is 0 Å². The van der Waals surface area contributed by atoms with E-state index in [9.17, 15) is 13.0 Å². The first kappa shape index (κ1) is 15.8. The van der Waals surface area contributed by atoms with Crippen molar-refractivity contribution in [2.45, 2.75) is 24.3 Å². The Labute approximate surface area is 125 Å².